The van der Waals surface area contributed by atoms with Gasteiger partial charge in [-0.25, -0.2) is 0 Å². The van der Waals surface area contributed by atoms with Crippen molar-refractivity contribution in [2.75, 3.05) is 13.2 Å². The molecule has 1 heterocycles. The third-order valence-corrected chi connectivity index (χ3v) is 5.98. The number of rotatable bonds is 13. The molecule has 0 radical (unpaired) electrons. The first-order valence-corrected chi connectivity index (χ1v) is 12.2. The van der Waals surface area contributed by atoms with Crippen LogP contribution >= 0.6 is 0 Å². The average Bonchev–Trinajstić information content (AvgIpc) is 2.92. The molecule has 3 aromatic carbocycles. The largest absolute Gasteiger partial charge is 0.374 e. The number of benzene rings is 3. The molecular weight excluding hydrogens is 456 g/mol. The molecule has 0 amide bonds. The molecule has 4 rings (SSSR count). The van der Waals surface area contributed by atoms with Crippen LogP contribution in [0, 0.1) is 0 Å². The van der Waals surface area contributed by atoms with Gasteiger partial charge in [0.2, 0.25) is 0 Å². The molecule has 36 heavy (non-hydrogen) atoms. The maximum Gasteiger partial charge on any atom is 0.184 e. The zero-order valence-electron chi connectivity index (χ0n) is 20.4. The molecular formula is C30H34O6. The van der Waals surface area contributed by atoms with Gasteiger partial charge in [0.15, 0.2) is 6.29 Å². The van der Waals surface area contributed by atoms with Crippen LogP contribution in [0.15, 0.2) is 104 Å². The third-order valence-electron chi connectivity index (χ3n) is 5.98. The molecule has 6 nitrogen and oxygen atoms in total. The third kappa shape index (κ3) is 7.58. The highest BCUT2D eigenvalue weighted by molar-refractivity contribution is 5.15. The average molecular weight is 491 g/mol. The van der Waals surface area contributed by atoms with E-state index in [0.29, 0.717) is 19.8 Å². The molecule has 0 spiro atoms. The Balaban J connectivity index is 1.49. The summed E-state index contributed by atoms with van der Waals surface area (Å²) in [6.45, 7) is 5.38. The minimum absolute atomic E-state index is 0.227. The fourth-order valence-corrected chi connectivity index (χ4v) is 4.18. The first-order chi connectivity index (χ1) is 17.7. The van der Waals surface area contributed by atoms with Crippen LogP contribution in [0.3, 0.4) is 0 Å². The second kappa shape index (κ2) is 14.0. The number of ether oxygens (including phenoxy) is 5. The molecule has 1 saturated heterocycles. The van der Waals surface area contributed by atoms with Gasteiger partial charge in [0.25, 0.3) is 0 Å². The number of aliphatic hydroxyl groups excluding tert-OH is 1. The van der Waals surface area contributed by atoms with Gasteiger partial charge in [-0.2, -0.15) is 0 Å². The number of aliphatic hydroxyl groups is 1. The summed E-state index contributed by atoms with van der Waals surface area (Å²) >= 11 is 0. The lowest BCUT2D eigenvalue weighted by Crippen LogP contribution is -2.61. The lowest BCUT2D eigenvalue weighted by atomic mass is 9.98. The second-order valence-electron chi connectivity index (χ2n) is 8.67. The molecule has 0 unspecified atom stereocenters. The number of hydrogen-bond donors (Lipinski definition) is 1. The van der Waals surface area contributed by atoms with E-state index in [9.17, 15) is 5.11 Å². The van der Waals surface area contributed by atoms with Crippen molar-refractivity contribution in [2.45, 2.75) is 50.5 Å². The summed E-state index contributed by atoms with van der Waals surface area (Å²) in [5, 5.41) is 10.9. The van der Waals surface area contributed by atoms with Gasteiger partial charge in [0.1, 0.15) is 24.4 Å². The standard InChI is InChI=1S/C30H34O6/c1-2-18-33-28-27(34-20-24-14-8-4-9-15-24)26(22-32-19-23-12-6-3-7-13-23)36-30(31)29(28)35-21-25-16-10-5-11-17-25/h2-17,26-31H,1,18-22H2/t26-,27-,28+,29-,30-/m1/s1. The summed E-state index contributed by atoms with van der Waals surface area (Å²) < 4.78 is 30.6. The van der Waals surface area contributed by atoms with Crippen molar-refractivity contribution in [2.24, 2.45) is 0 Å². The summed E-state index contributed by atoms with van der Waals surface area (Å²) in [5.41, 5.74) is 3.07. The molecule has 0 bridgehead atoms. The van der Waals surface area contributed by atoms with Crippen LogP contribution < -0.4 is 0 Å². The molecule has 190 valence electrons. The van der Waals surface area contributed by atoms with E-state index in [4.69, 9.17) is 23.7 Å². The maximum atomic E-state index is 10.9. The van der Waals surface area contributed by atoms with Crippen LogP contribution in [-0.4, -0.2) is 49.0 Å². The van der Waals surface area contributed by atoms with Gasteiger partial charge in [-0.3, -0.25) is 0 Å². The van der Waals surface area contributed by atoms with E-state index in [-0.39, 0.29) is 13.2 Å². The first kappa shape index (κ1) is 26.2. The topological polar surface area (TPSA) is 66.4 Å². The predicted molar refractivity (Wildman–Crippen MR) is 137 cm³/mol. The van der Waals surface area contributed by atoms with Crippen LogP contribution in [-0.2, 0) is 43.5 Å². The molecule has 1 fully saturated rings. The molecule has 1 aliphatic rings. The van der Waals surface area contributed by atoms with E-state index in [2.05, 4.69) is 6.58 Å². The Morgan fingerprint density at radius 1 is 0.667 bits per heavy atom. The lowest BCUT2D eigenvalue weighted by molar-refractivity contribution is -0.314. The second-order valence-corrected chi connectivity index (χ2v) is 8.67. The fourth-order valence-electron chi connectivity index (χ4n) is 4.18. The Bertz CT molecular complexity index is 1010. The van der Waals surface area contributed by atoms with Crippen molar-refractivity contribution < 1.29 is 28.8 Å². The summed E-state index contributed by atoms with van der Waals surface area (Å²) in [6, 6.07) is 29.6. The summed E-state index contributed by atoms with van der Waals surface area (Å²) in [7, 11) is 0. The highest BCUT2D eigenvalue weighted by Gasteiger charge is 2.47. The van der Waals surface area contributed by atoms with Gasteiger partial charge in [-0.05, 0) is 16.7 Å². The van der Waals surface area contributed by atoms with E-state index in [1.54, 1.807) is 6.08 Å². The van der Waals surface area contributed by atoms with Crippen LogP contribution in [0.25, 0.3) is 0 Å². The van der Waals surface area contributed by atoms with E-state index >= 15 is 0 Å². The van der Waals surface area contributed by atoms with Crippen molar-refractivity contribution in [3.05, 3.63) is 120 Å². The molecule has 0 aliphatic carbocycles. The molecule has 0 aromatic heterocycles. The summed E-state index contributed by atoms with van der Waals surface area (Å²) in [5.74, 6) is 0. The van der Waals surface area contributed by atoms with Crippen molar-refractivity contribution in [3.63, 3.8) is 0 Å². The van der Waals surface area contributed by atoms with E-state index in [1.165, 1.54) is 0 Å². The van der Waals surface area contributed by atoms with Crippen LogP contribution in [0.5, 0.6) is 0 Å². The summed E-state index contributed by atoms with van der Waals surface area (Å²) in [4.78, 5) is 0. The molecule has 1 aliphatic heterocycles. The zero-order valence-corrected chi connectivity index (χ0v) is 20.4. The Morgan fingerprint density at radius 2 is 1.17 bits per heavy atom. The first-order valence-electron chi connectivity index (χ1n) is 12.2. The van der Waals surface area contributed by atoms with Crippen molar-refractivity contribution in [3.8, 4) is 0 Å². The van der Waals surface area contributed by atoms with Gasteiger partial charge in [0.05, 0.1) is 33.0 Å². The van der Waals surface area contributed by atoms with E-state index in [0.717, 1.165) is 16.7 Å². The SMILES string of the molecule is C=CCO[C@@H]1[C@@H](OCc2ccccc2)[C@H](O)O[C@H](COCc2ccccc2)[C@H]1OCc1ccccc1. The Labute approximate surface area is 213 Å². The number of hydrogen-bond acceptors (Lipinski definition) is 6. The Hall–Kier alpha value is -2.84. The highest BCUT2D eigenvalue weighted by atomic mass is 16.7. The van der Waals surface area contributed by atoms with Crippen LogP contribution in [0.1, 0.15) is 16.7 Å². The molecule has 6 heteroatoms. The highest BCUT2D eigenvalue weighted by Crippen LogP contribution is 2.29. The van der Waals surface area contributed by atoms with Crippen LogP contribution in [0.2, 0.25) is 0 Å². The van der Waals surface area contributed by atoms with E-state index in [1.807, 2.05) is 91.0 Å². The molecule has 1 N–H and O–H groups in total. The van der Waals surface area contributed by atoms with Gasteiger partial charge < -0.3 is 28.8 Å². The zero-order chi connectivity index (χ0) is 25.0. The maximum absolute atomic E-state index is 10.9. The predicted octanol–water partition coefficient (Wildman–Crippen LogP) is 4.66. The van der Waals surface area contributed by atoms with Gasteiger partial charge in [-0.1, -0.05) is 97.1 Å². The monoisotopic (exact) mass is 490 g/mol. The molecule has 0 saturated carbocycles. The minimum Gasteiger partial charge on any atom is -0.374 e. The Morgan fingerprint density at radius 3 is 1.69 bits per heavy atom. The van der Waals surface area contributed by atoms with Crippen molar-refractivity contribution in [1.29, 1.82) is 0 Å². The van der Waals surface area contributed by atoms with Crippen molar-refractivity contribution >= 4 is 0 Å². The van der Waals surface area contributed by atoms with Crippen LogP contribution in [0.4, 0.5) is 0 Å². The van der Waals surface area contributed by atoms with Gasteiger partial charge in [0, 0.05) is 0 Å². The molecule has 3 aromatic rings. The van der Waals surface area contributed by atoms with Gasteiger partial charge >= 0.3 is 0 Å². The Kier molecular flexibility index (Phi) is 10.2. The molecule has 5 atom stereocenters. The fraction of sp³-hybridized carbons (Fsp3) is 0.333. The minimum atomic E-state index is -1.20. The smallest absolute Gasteiger partial charge is 0.184 e. The normalized spacial score (nSPS) is 23.9. The quantitative estimate of drug-likeness (QED) is 0.352. The summed E-state index contributed by atoms with van der Waals surface area (Å²) in [6.07, 6.45) is -1.97. The van der Waals surface area contributed by atoms with E-state index < -0.39 is 30.7 Å². The lowest BCUT2D eigenvalue weighted by Gasteiger charge is -2.44. The van der Waals surface area contributed by atoms with Crippen molar-refractivity contribution in [1.82, 2.24) is 0 Å². The van der Waals surface area contributed by atoms with Gasteiger partial charge in [-0.15, -0.1) is 6.58 Å².